The maximum Gasteiger partial charge on any atom is 0.223 e. The van der Waals surface area contributed by atoms with Crippen LogP contribution >= 0.6 is 11.6 Å². The Morgan fingerprint density at radius 1 is 1.45 bits per heavy atom. The van der Waals surface area contributed by atoms with E-state index in [0.29, 0.717) is 18.0 Å². The van der Waals surface area contributed by atoms with E-state index >= 15 is 0 Å². The summed E-state index contributed by atoms with van der Waals surface area (Å²) in [6.45, 7) is 0.264. The molecule has 2 rings (SSSR count). The van der Waals surface area contributed by atoms with E-state index in [-0.39, 0.29) is 25.0 Å². The molecule has 1 aromatic rings. The number of aliphatic hydroxyl groups is 1. The third-order valence-electron chi connectivity index (χ3n) is 3.59. The number of carbonyl (C=O) groups is 2. The highest BCUT2D eigenvalue weighted by Gasteiger charge is 2.37. The monoisotopic (exact) mass is 296 g/mol. The number of benzene rings is 1. The van der Waals surface area contributed by atoms with Crippen LogP contribution in [0.2, 0.25) is 5.02 Å². The highest BCUT2D eigenvalue weighted by molar-refractivity contribution is 6.30. The Balaban J connectivity index is 2.22. The van der Waals surface area contributed by atoms with Gasteiger partial charge in [-0.15, -0.1) is 0 Å². The van der Waals surface area contributed by atoms with Crippen molar-refractivity contribution in [2.45, 2.75) is 18.9 Å². The first-order chi connectivity index (χ1) is 9.52. The van der Waals surface area contributed by atoms with Crippen molar-refractivity contribution in [3.63, 3.8) is 0 Å². The maximum atomic E-state index is 12.1. The molecule has 1 saturated heterocycles. The number of aliphatic hydroxyl groups excluding tert-OH is 1. The molecule has 0 aliphatic carbocycles. The van der Waals surface area contributed by atoms with Gasteiger partial charge in [0.15, 0.2) is 0 Å². The smallest absolute Gasteiger partial charge is 0.223 e. The van der Waals surface area contributed by atoms with Crippen LogP contribution in [0, 0.1) is 5.92 Å². The van der Waals surface area contributed by atoms with Gasteiger partial charge in [-0.25, -0.2) is 0 Å². The van der Waals surface area contributed by atoms with Gasteiger partial charge in [0, 0.05) is 24.6 Å². The van der Waals surface area contributed by atoms with Gasteiger partial charge in [0.25, 0.3) is 0 Å². The fourth-order valence-electron chi connectivity index (χ4n) is 2.53. The average molecular weight is 297 g/mol. The first kappa shape index (κ1) is 14.8. The van der Waals surface area contributed by atoms with Gasteiger partial charge in [-0.1, -0.05) is 23.7 Å². The highest BCUT2D eigenvalue weighted by Crippen LogP contribution is 2.31. The van der Waals surface area contributed by atoms with Crippen molar-refractivity contribution in [1.29, 1.82) is 0 Å². The lowest BCUT2D eigenvalue weighted by molar-refractivity contribution is -0.130. The summed E-state index contributed by atoms with van der Waals surface area (Å²) >= 11 is 5.86. The molecule has 1 heterocycles. The van der Waals surface area contributed by atoms with Crippen molar-refractivity contribution in [1.82, 2.24) is 4.90 Å². The summed E-state index contributed by atoms with van der Waals surface area (Å²) in [6.07, 6.45) is 0.559. The molecule has 1 aromatic carbocycles. The molecule has 6 heteroatoms. The number of halogens is 1. The molecule has 1 aliphatic rings. The van der Waals surface area contributed by atoms with E-state index in [1.165, 1.54) is 0 Å². The van der Waals surface area contributed by atoms with Crippen molar-refractivity contribution < 1.29 is 14.7 Å². The number of nitrogens with zero attached hydrogens (tertiary/aromatic N) is 1. The van der Waals surface area contributed by atoms with Crippen LogP contribution in [0.3, 0.4) is 0 Å². The number of likely N-dealkylation sites (tertiary alicyclic amines) is 1. The van der Waals surface area contributed by atoms with E-state index in [2.05, 4.69) is 0 Å². The molecule has 2 amide bonds. The van der Waals surface area contributed by atoms with Gasteiger partial charge >= 0.3 is 0 Å². The Labute approximate surface area is 122 Å². The average Bonchev–Trinajstić information content (AvgIpc) is 2.79. The predicted octanol–water partition coefficient (Wildman–Crippen LogP) is 1.10. The Kier molecular flexibility index (Phi) is 4.62. The standard InChI is InChI=1S/C14H17ClN2O3/c15-11-3-1-9(2-4-11)12(5-6-18)17-8-10(14(16)20)7-13(17)19/h1-4,10,12,18H,5-8H2,(H2,16,20). The van der Waals surface area contributed by atoms with Crippen LogP contribution in [0.25, 0.3) is 0 Å². The zero-order valence-corrected chi connectivity index (χ0v) is 11.7. The molecule has 0 bridgehead atoms. The van der Waals surface area contributed by atoms with Crippen LogP contribution in [0.15, 0.2) is 24.3 Å². The predicted molar refractivity (Wildman–Crippen MR) is 74.9 cm³/mol. The van der Waals surface area contributed by atoms with Gasteiger partial charge in [0.1, 0.15) is 0 Å². The van der Waals surface area contributed by atoms with Gasteiger partial charge < -0.3 is 15.7 Å². The first-order valence-corrected chi connectivity index (χ1v) is 6.86. The molecular formula is C14H17ClN2O3. The largest absolute Gasteiger partial charge is 0.396 e. The van der Waals surface area contributed by atoms with Crippen molar-refractivity contribution in [2.75, 3.05) is 13.2 Å². The molecule has 20 heavy (non-hydrogen) atoms. The number of primary amides is 1. The maximum absolute atomic E-state index is 12.1. The second kappa shape index (κ2) is 6.24. The van der Waals surface area contributed by atoms with Crippen molar-refractivity contribution in [2.24, 2.45) is 11.7 Å². The minimum Gasteiger partial charge on any atom is -0.396 e. The lowest BCUT2D eigenvalue weighted by Gasteiger charge is -2.28. The lowest BCUT2D eigenvalue weighted by Crippen LogP contribution is -2.32. The molecule has 3 N–H and O–H groups in total. The van der Waals surface area contributed by atoms with Crippen LogP contribution in [0.5, 0.6) is 0 Å². The normalized spacial score (nSPS) is 20.2. The summed E-state index contributed by atoms with van der Waals surface area (Å²) in [5, 5.41) is 9.83. The van der Waals surface area contributed by atoms with Gasteiger partial charge in [-0.3, -0.25) is 9.59 Å². The summed E-state index contributed by atoms with van der Waals surface area (Å²) in [6, 6.07) is 6.89. The number of hydrogen-bond acceptors (Lipinski definition) is 3. The molecule has 108 valence electrons. The first-order valence-electron chi connectivity index (χ1n) is 6.48. The molecule has 2 atom stereocenters. The number of nitrogens with two attached hydrogens (primary N) is 1. The third-order valence-corrected chi connectivity index (χ3v) is 3.85. The van der Waals surface area contributed by atoms with Gasteiger partial charge in [-0.2, -0.15) is 0 Å². The zero-order chi connectivity index (χ0) is 14.7. The summed E-state index contributed by atoms with van der Waals surface area (Å²) in [7, 11) is 0. The Hall–Kier alpha value is -1.59. The molecular weight excluding hydrogens is 280 g/mol. The quantitative estimate of drug-likeness (QED) is 0.853. The summed E-state index contributed by atoms with van der Waals surface area (Å²) in [5.74, 6) is -1.02. The van der Waals surface area contributed by atoms with E-state index < -0.39 is 11.8 Å². The van der Waals surface area contributed by atoms with Crippen molar-refractivity contribution in [3.8, 4) is 0 Å². The summed E-state index contributed by atoms with van der Waals surface area (Å²) < 4.78 is 0. The van der Waals surface area contributed by atoms with E-state index in [4.69, 9.17) is 17.3 Å². The molecule has 0 saturated carbocycles. The molecule has 1 aliphatic heterocycles. The van der Waals surface area contributed by atoms with E-state index in [0.717, 1.165) is 5.56 Å². The SMILES string of the molecule is NC(=O)C1CC(=O)N(C(CCO)c2ccc(Cl)cc2)C1. The summed E-state index contributed by atoms with van der Waals surface area (Å²) in [5.41, 5.74) is 6.16. The van der Waals surface area contributed by atoms with Gasteiger partial charge in [-0.05, 0) is 24.1 Å². The molecule has 1 fully saturated rings. The summed E-state index contributed by atoms with van der Waals surface area (Å²) in [4.78, 5) is 24.9. The Morgan fingerprint density at radius 2 is 2.10 bits per heavy atom. The van der Waals surface area contributed by atoms with Gasteiger partial charge in [0.05, 0.1) is 12.0 Å². The number of rotatable bonds is 5. The van der Waals surface area contributed by atoms with E-state index in [9.17, 15) is 14.7 Å². The van der Waals surface area contributed by atoms with Crippen molar-refractivity contribution >= 4 is 23.4 Å². The van der Waals surface area contributed by atoms with Crippen LogP contribution in [-0.4, -0.2) is 35.0 Å². The molecule has 0 radical (unpaired) electrons. The van der Waals surface area contributed by atoms with Crippen molar-refractivity contribution in [3.05, 3.63) is 34.9 Å². The Morgan fingerprint density at radius 3 is 2.60 bits per heavy atom. The number of carbonyl (C=O) groups excluding carboxylic acids is 2. The molecule has 5 nitrogen and oxygen atoms in total. The second-order valence-corrected chi connectivity index (χ2v) is 5.37. The van der Waals surface area contributed by atoms with E-state index in [1.54, 1.807) is 17.0 Å². The zero-order valence-electron chi connectivity index (χ0n) is 11.0. The van der Waals surface area contributed by atoms with E-state index in [1.807, 2.05) is 12.1 Å². The van der Waals surface area contributed by atoms with Crippen LogP contribution in [0.1, 0.15) is 24.4 Å². The van der Waals surface area contributed by atoms with Crippen LogP contribution in [0.4, 0.5) is 0 Å². The van der Waals surface area contributed by atoms with Crippen LogP contribution < -0.4 is 5.73 Å². The minimum atomic E-state index is -0.459. The number of hydrogen-bond donors (Lipinski definition) is 2. The number of amides is 2. The topological polar surface area (TPSA) is 83.6 Å². The fourth-order valence-corrected chi connectivity index (χ4v) is 2.66. The highest BCUT2D eigenvalue weighted by atomic mass is 35.5. The Bertz CT molecular complexity index is 504. The minimum absolute atomic E-state index is 0.0433. The second-order valence-electron chi connectivity index (χ2n) is 4.93. The lowest BCUT2D eigenvalue weighted by atomic mass is 10.0. The molecule has 0 aromatic heterocycles. The fraction of sp³-hybridized carbons (Fsp3) is 0.429. The van der Waals surface area contributed by atoms with Crippen LogP contribution in [-0.2, 0) is 9.59 Å². The third kappa shape index (κ3) is 3.11. The molecule has 0 spiro atoms. The molecule has 2 unspecified atom stereocenters. The van der Waals surface area contributed by atoms with Gasteiger partial charge in [0.2, 0.25) is 11.8 Å².